The van der Waals surface area contributed by atoms with Gasteiger partial charge in [-0.15, -0.1) is 0 Å². The number of carbonyl (C=O) groups excluding carboxylic acids is 1. The Morgan fingerprint density at radius 1 is 1.47 bits per heavy atom. The molecule has 104 valence electrons. The average Bonchev–Trinajstić information content (AvgIpc) is 2.46. The van der Waals surface area contributed by atoms with Crippen LogP contribution in [-0.4, -0.2) is 42.4 Å². The first-order valence-electron chi connectivity index (χ1n) is 6.58. The maximum atomic E-state index is 11.5. The minimum absolute atomic E-state index is 0.0987. The number of pyridine rings is 1. The quantitative estimate of drug-likeness (QED) is 0.840. The monoisotopic (exact) mass is 264 g/mol. The van der Waals surface area contributed by atoms with Gasteiger partial charge in [0.05, 0.1) is 19.3 Å². The van der Waals surface area contributed by atoms with E-state index < -0.39 is 5.97 Å². The number of nitrogens with zero attached hydrogens (tertiary/aromatic N) is 2. The lowest BCUT2D eigenvalue weighted by molar-refractivity contribution is 0.0594. The van der Waals surface area contributed by atoms with E-state index in [0.29, 0.717) is 0 Å². The molecule has 0 spiro atoms. The predicted octanol–water partition coefficient (Wildman–Crippen LogP) is 1.61. The summed E-state index contributed by atoms with van der Waals surface area (Å²) in [5.41, 5.74) is 1.17. The van der Waals surface area contributed by atoms with Gasteiger partial charge in [0.1, 0.15) is 5.69 Å². The van der Waals surface area contributed by atoms with Crippen molar-refractivity contribution in [2.75, 3.05) is 19.1 Å². The van der Waals surface area contributed by atoms with Gasteiger partial charge in [0.25, 0.3) is 0 Å². The van der Waals surface area contributed by atoms with Crippen molar-refractivity contribution in [1.29, 1.82) is 0 Å². The van der Waals surface area contributed by atoms with Crippen LogP contribution in [0.15, 0.2) is 18.3 Å². The molecule has 19 heavy (non-hydrogen) atoms. The number of esters is 1. The normalized spacial score (nSPS) is 22.9. The zero-order valence-corrected chi connectivity index (χ0v) is 11.4. The molecule has 5 heteroatoms. The van der Waals surface area contributed by atoms with Crippen LogP contribution >= 0.6 is 0 Å². The zero-order chi connectivity index (χ0) is 13.8. The van der Waals surface area contributed by atoms with Gasteiger partial charge in [0.2, 0.25) is 0 Å². The molecule has 1 saturated carbocycles. The molecule has 2 unspecified atom stereocenters. The number of aliphatic hydroxyl groups is 1. The van der Waals surface area contributed by atoms with Crippen LogP contribution in [0.5, 0.6) is 0 Å². The van der Waals surface area contributed by atoms with Gasteiger partial charge in [0, 0.05) is 18.9 Å². The Morgan fingerprint density at radius 3 is 2.89 bits per heavy atom. The van der Waals surface area contributed by atoms with E-state index >= 15 is 0 Å². The van der Waals surface area contributed by atoms with Crippen LogP contribution in [0.1, 0.15) is 36.2 Å². The Labute approximate surface area is 113 Å². The number of ether oxygens (including phenoxy) is 1. The summed E-state index contributed by atoms with van der Waals surface area (Å²) in [6.45, 7) is 0. The van der Waals surface area contributed by atoms with E-state index in [1.54, 1.807) is 12.3 Å². The number of aromatic nitrogens is 1. The van der Waals surface area contributed by atoms with Crippen LogP contribution in [-0.2, 0) is 4.74 Å². The van der Waals surface area contributed by atoms with Crippen LogP contribution in [0.25, 0.3) is 0 Å². The number of methoxy groups -OCH3 is 1. The van der Waals surface area contributed by atoms with Crippen molar-refractivity contribution in [1.82, 2.24) is 4.98 Å². The van der Waals surface area contributed by atoms with Gasteiger partial charge in [-0.25, -0.2) is 9.78 Å². The van der Waals surface area contributed by atoms with Gasteiger partial charge in [-0.3, -0.25) is 0 Å². The van der Waals surface area contributed by atoms with Crippen molar-refractivity contribution < 1.29 is 14.6 Å². The zero-order valence-electron chi connectivity index (χ0n) is 11.4. The molecule has 0 radical (unpaired) electrons. The molecule has 1 N–H and O–H groups in total. The van der Waals surface area contributed by atoms with Crippen molar-refractivity contribution >= 4 is 11.7 Å². The molecule has 0 bridgehead atoms. The molecule has 0 amide bonds. The molecule has 2 rings (SSSR count). The molecule has 1 aromatic heterocycles. The fourth-order valence-electron chi connectivity index (χ4n) is 2.59. The first-order valence-corrected chi connectivity index (χ1v) is 6.58. The minimum Gasteiger partial charge on any atom is -0.464 e. The molecule has 5 nitrogen and oxygen atoms in total. The molecule has 0 saturated heterocycles. The summed E-state index contributed by atoms with van der Waals surface area (Å²) >= 11 is 0. The number of hydrogen-bond acceptors (Lipinski definition) is 5. The summed E-state index contributed by atoms with van der Waals surface area (Å²) in [5, 5.41) is 10.1. The lowest BCUT2D eigenvalue weighted by Crippen LogP contribution is -2.43. The largest absolute Gasteiger partial charge is 0.464 e. The molecule has 0 aromatic carbocycles. The van der Waals surface area contributed by atoms with Gasteiger partial charge in [-0.2, -0.15) is 0 Å². The fraction of sp³-hybridized carbons (Fsp3) is 0.571. The van der Waals surface area contributed by atoms with Crippen LogP contribution in [0.2, 0.25) is 0 Å². The van der Waals surface area contributed by atoms with Gasteiger partial charge in [0.15, 0.2) is 0 Å². The molecule has 1 aliphatic carbocycles. The highest BCUT2D eigenvalue weighted by molar-refractivity contribution is 5.88. The van der Waals surface area contributed by atoms with Crippen LogP contribution in [0, 0.1) is 0 Å². The number of aliphatic hydroxyl groups excluding tert-OH is 1. The van der Waals surface area contributed by atoms with Crippen molar-refractivity contribution in [3.8, 4) is 0 Å². The summed E-state index contributed by atoms with van der Waals surface area (Å²) < 4.78 is 4.67. The second kappa shape index (κ2) is 6.02. The van der Waals surface area contributed by atoms with E-state index in [0.717, 1.165) is 31.4 Å². The van der Waals surface area contributed by atoms with E-state index in [9.17, 15) is 9.90 Å². The van der Waals surface area contributed by atoms with Gasteiger partial charge >= 0.3 is 5.97 Å². The smallest absolute Gasteiger partial charge is 0.356 e. The molecular weight excluding hydrogens is 244 g/mol. The molecular formula is C14H20N2O3. The van der Waals surface area contributed by atoms with E-state index in [-0.39, 0.29) is 17.8 Å². The highest BCUT2D eigenvalue weighted by atomic mass is 16.5. The van der Waals surface area contributed by atoms with Crippen molar-refractivity contribution in [2.24, 2.45) is 0 Å². The van der Waals surface area contributed by atoms with E-state index in [1.165, 1.54) is 7.11 Å². The Balaban J connectivity index is 2.18. The molecule has 0 aliphatic heterocycles. The first-order chi connectivity index (χ1) is 9.13. The van der Waals surface area contributed by atoms with Crippen molar-refractivity contribution in [2.45, 2.75) is 37.8 Å². The molecule has 1 aromatic rings. The van der Waals surface area contributed by atoms with Crippen LogP contribution in [0.3, 0.4) is 0 Å². The lowest BCUT2D eigenvalue weighted by atomic mass is 9.91. The first kappa shape index (κ1) is 13.8. The molecule has 1 aliphatic rings. The Morgan fingerprint density at radius 2 is 2.21 bits per heavy atom. The third-order valence-electron chi connectivity index (χ3n) is 3.74. The lowest BCUT2D eigenvalue weighted by Gasteiger charge is -2.36. The van der Waals surface area contributed by atoms with Crippen molar-refractivity contribution in [3.63, 3.8) is 0 Å². The van der Waals surface area contributed by atoms with E-state index in [1.807, 2.05) is 18.0 Å². The molecule has 2 atom stereocenters. The summed E-state index contributed by atoms with van der Waals surface area (Å²) in [6.07, 6.45) is 5.29. The van der Waals surface area contributed by atoms with Gasteiger partial charge in [-0.1, -0.05) is 12.8 Å². The Hall–Kier alpha value is -1.62. The predicted molar refractivity (Wildman–Crippen MR) is 72.2 cm³/mol. The minimum atomic E-state index is -0.445. The Kier molecular flexibility index (Phi) is 4.37. The van der Waals surface area contributed by atoms with Gasteiger partial charge in [-0.05, 0) is 25.0 Å². The standard InChI is InChI=1S/C14H20N2O3/c1-16(12-5-3-4-6-13(12)17)10-7-8-15-11(9-10)14(18)19-2/h7-9,12-13,17H,3-6H2,1-2H3. The van der Waals surface area contributed by atoms with Gasteiger partial charge < -0.3 is 14.7 Å². The van der Waals surface area contributed by atoms with Crippen LogP contribution in [0.4, 0.5) is 5.69 Å². The van der Waals surface area contributed by atoms with E-state index in [2.05, 4.69) is 9.72 Å². The topological polar surface area (TPSA) is 62.7 Å². The summed E-state index contributed by atoms with van der Waals surface area (Å²) in [6, 6.07) is 3.64. The Bertz CT molecular complexity index is 450. The highest BCUT2D eigenvalue weighted by Crippen LogP contribution is 2.26. The second-order valence-corrected chi connectivity index (χ2v) is 4.92. The summed E-state index contributed by atoms with van der Waals surface area (Å²) in [5.74, 6) is -0.445. The number of rotatable bonds is 3. The SMILES string of the molecule is COC(=O)c1cc(N(C)C2CCCCC2O)ccn1. The molecule has 1 heterocycles. The average molecular weight is 264 g/mol. The number of hydrogen-bond donors (Lipinski definition) is 1. The van der Waals surface area contributed by atoms with Crippen molar-refractivity contribution in [3.05, 3.63) is 24.0 Å². The van der Waals surface area contributed by atoms with E-state index in [4.69, 9.17) is 0 Å². The van der Waals surface area contributed by atoms with Crippen LogP contribution < -0.4 is 4.90 Å². The number of likely N-dealkylation sites (N-methyl/N-ethyl adjacent to an activating group) is 1. The third-order valence-corrected chi connectivity index (χ3v) is 3.74. The molecule has 1 fully saturated rings. The number of carbonyl (C=O) groups is 1. The maximum absolute atomic E-state index is 11.5. The fourth-order valence-corrected chi connectivity index (χ4v) is 2.59. The second-order valence-electron chi connectivity index (χ2n) is 4.92. The summed E-state index contributed by atoms with van der Waals surface area (Å²) in [7, 11) is 3.28. The third kappa shape index (κ3) is 3.04. The maximum Gasteiger partial charge on any atom is 0.356 e. The summed E-state index contributed by atoms with van der Waals surface area (Å²) in [4.78, 5) is 17.5. The number of anilines is 1. The highest BCUT2D eigenvalue weighted by Gasteiger charge is 2.27.